The summed E-state index contributed by atoms with van der Waals surface area (Å²) in [5, 5.41) is 21.0. The number of amides is 1. The minimum atomic E-state index is -0.380. The number of carbonyl (C=O) groups excluding carboxylic acids is 1. The van der Waals surface area contributed by atoms with Crippen LogP contribution < -0.4 is 5.32 Å². The van der Waals surface area contributed by atoms with Crippen molar-refractivity contribution in [3.63, 3.8) is 0 Å². The van der Waals surface area contributed by atoms with Gasteiger partial charge in [0.25, 0.3) is 5.91 Å². The molecule has 0 unspecified atom stereocenters. The van der Waals surface area contributed by atoms with Crippen molar-refractivity contribution in [1.29, 1.82) is 5.26 Å². The van der Waals surface area contributed by atoms with E-state index in [0.29, 0.717) is 16.8 Å². The van der Waals surface area contributed by atoms with Gasteiger partial charge in [0.15, 0.2) is 0 Å². The minimum Gasteiger partial charge on any atom is -0.508 e. The lowest BCUT2D eigenvalue weighted by Gasteiger charge is -2.07. The third-order valence-electron chi connectivity index (χ3n) is 2.46. The Bertz CT molecular complexity index is 677. The van der Waals surface area contributed by atoms with E-state index in [4.69, 9.17) is 5.26 Å². The van der Waals surface area contributed by atoms with Gasteiger partial charge in [-0.25, -0.2) is 0 Å². The molecular formula is C14H9BrN2O2. The van der Waals surface area contributed by atoms with Crippen molar-refractivity contribution < 1.29 is 9.90 Å². The van der Waals surface area contributed by atoms with E-state index in [2.05, 4.69) is 21.2 Å². The van der Waals surface area contributed by atoms with Gasteiger partial charge in [-0.15, -0.1) is 0 Å². The first kappa shape index (κ1) is 13.1. The number of aromatic hydroxyl groups is 1. The fourth-order valence-corrected chi connectivity index (χ4v) is 1.92. The van der Waals surface area contributed by atoms with Crippen molar-refractivity contribution in [2.75, 3.05) is 5.32 Å². The van der Waals surface area contributed by atoms with Crippen molar-refractivity contribution in [1.82, 2.24) is 0 Å². The molecule has 0 fully saturated rings. The summed E-state index contributed by atoms with van der Waals surface area (Å²) in [5.41, 5.74) is 1.12. The number of phenolic OH excluding ortho intramolecular Hbond substituents is 1. The largest absolute Gasteiger partial charge is 0.508 e. The standard InChI is InChI=1S/C14H9BrN2O2/c15-11-4-5-13(10(6-11)8-16)17-14(19)9-2-1-3-12(18)7-9/h1-7,18H,(H,17,19). The molecule has 5 heteroatoms. The Hall–Kier alpha value is -2.32. The second-order valence-corrected chi connectivity index (χ2v) is 4.72. The van der Waals surface area contributed by atoms with E-state index in [0.717, 1.165) is 4.47 Å². The SMILES string of the molecule is N#Cc1cc(Br)ccc1NC(=O)c1cccc(O)c1. The van der Waals surface area contributed by atoms with Crippen LogP contribution in [0.3, 0.4) is 0 Å². The fraction of sp³-hybridized carbons (Fsp3) is 0. The smallest absolute Gasteiger partial charge is 0.255 e. The van der Waals surface area contributed by atoms with Gasteiger partial charge >= 0.3 is 0 Å². The number of nitrogens with zero attached hydrogens (tertiary/aromatic N) is 1. The number of nitrogens with one attached hydrogen (secondary N) is 1. The maximum absolute atomic E-state index is 12.0. The van der Waals surface area contributed by atoms with Gasteiger partial charge in [0, 0.05) is 10.0 Å². The maximum atomic E-state index is 12.0. The van der Waals surface area contributed by atoms with E-state index < -0.39 is 0 Å². The van der Waals surface area contributed by atoms with E-state index in [9.17, 15) is 9.90 Å². The molecule has 0 aliphatic heterocycles. The Morgan fingerprint density at radius 2 is 2.05 bits per heavy atom. The number of hydrogen-bond donors (Lipinski definition) is 2. The third kappa shape index (κ3) is 3.12. The van der Waals surface area contributed by atoms with Gasteiger partial charge in [-0.3, -0.25) is 4.79 Å². The van der Waals surface area contributed by atoms with Crippen LogP contribution >= 0.6 is 15.9 Å². The van der Waals surface area contributed by atoms with Crippen molar-refractivity contribution in [2.24, 2.45) is 0 Å². The highest BCUT2D eigenvalue weighted by Gasteiger charge is 2.09. The number of benzene rings is 2. The number of anilines is 1. The number of carbonyl (C=O) groups is 1. The highest BCUT2D eigenvalue weighted by Crippen LogP contribution is 2.21. The average molecular weight is 317 g/mol. The molecule has 94 valence electrons. The lowest BCUT2D eigenvalue weighted by molar-refractivity contribution is 0.102. The Morgan fingerprint density at radius 3 is 2.74 bits per heavy atom. The van der Waals surface area contributed by atoms with E-state index >= 15 is 0 Å². The van der Waals surface area contributed by atoms with Gasteiger partial charge < -0.3 is 10.4 Å². The zero-order chi connectivity index (χ0) is 13.8. The Morgan fingerprint density at radius 1 is 1.26 bits per heavy atom. The summed E-state index contributed by atoms with van der Waals surface area (Å²) in [6.45, 7) is 0. The first-order valence-electron chi connectivity index (χ1n) is 5.40. The molecule has 0 aromatic heterocycles. The van der Waals surface area contributed by atoms with Crippen LogP contribution in [0.15, 0.2) is 46.9 Å². The summed E-state index contributed by atoms with van der Waals surface area (Å²) >= 11 is 3.26. The number of hydrogen-bond acceptors (Lipinski definition) is 3. The monoisotopic (exact) mass is 316 g/mol. The van der Waals surface area contributed by atoms with Crippen LogP contribution in [0.25, 0.3) is 0 Å². The lowest BCUT2D eigenvalue weighted by Crippen LogP contribution is -2.12. The summed E-state index contributed by atoms with van der Waals surface area (Å²) < 4.78 is 0.763. The normalized spacial score (nSPS) is 9.68. The molecule has 0 saturated carbocycles. The van der Waals surface area contributed by atoms with Crippen molar-refractivity contribution >= 4 is 27.5 Å². The van der Waals surface area contributed by atoms with Crippen LogP contribution in [0.1, 0.15) is 15.9 Å². The van der Waals surface area contributed by atoms with Gasteiger partial charge in [-0.2, -0.15) is 5.26 Å². The van der Waals surface area contributed by atoms with Crippen LogP contribution in [-0.4, -0.2) is 11.0 Å². The highest BCUT2D eigenvalue weighted by molar-refractivity contribution is 9.10. The molecule has 0 aliphatic carbocycles. The predicted octanol–water partition coefficient (Wildman–Crippen LogP) is 3.28. The highest BCUT2D eigenvalue weighted by atomic mass is 79.9. The van der Waals surface area contributed by atoms with Crippen molar-refractivity contribution in [3.8, 4) is 11.8 Å². The van der Waals surface area contributed by atoms with E-state index in [1.807, 2.05) is 6.07 Å². The van der Waals surface area contributed by atoms with Gasteiger partial charge in [0.05, 0.1) is 11.3 Å². The molecule has 0 bridgehead atoms. The Labute approximate surface area is 118 Å². The van der Waals surface area contributed by atoms with Gasteiger partial charge in [0.1, 0.15) is 11.8 Å². The molecule has 2 aromatic rings. The Balaban J connectivity index is 2.27. The number of halogens is 1. The summed E-state index contributed by atoms with van der Waals surface area (Å²) in [7, 11) is 0. The molecule has 0 spiro atoms. The second-order valence-electron chi connectivity index (χ2n) is 3.81. The molecule has 0 heterocycles. The summed E-state index contributed by atoms with van der Waals surface area (Å²) in [6.07, 6.45) is 0. The third-order valence-corrected chi connectivity index (χ3v) is 2.95. The van der Waals surface area contributed by atoms with E-state index in [1.165, 1.54) is 12.1 Å². The maximum Gasteiger partial charge on any atom is 0.255 e. The average Bonchev–Trinajstić information content (AvgIpc) is 2.40. The van der Waals surface area contributed by atoms with Gasteiger partial charge in [-0.05, 0) is 36.4 Å². The zero-order valence-electron chi connectivity index (χ0n) is 9.72. The molecule has 0 aliphatic rings. The van der Waals surface area contributed by atoms with Crippen LogP contribution in [-0.2, 0) is 0 Å². The second kappa shape index (κ2) is 5.55. The molecule has 2 N–H and O–H groups in total. The molecule has 4 nitrogen and oxygen atoms in total. The zero-order valence-corrected chi connectivity index (χ0v) is 11.3. The van der Waals surface area contributed by atoms with Crippen LogP contribution in [0.5, 0.6) is 5.75 Å². The van der Waals surface area contributed by atoms with Crippen LogP contribution in [0, 0.1) is 11.3 Å². The van der Waals surface area contributed by atoms with Crippen molar-refractivity contribution in [2.45, 2.75) is 0 Å². The summed E-state index contributed by atoms with van der Waals surface area (Å²) in [5.74, 6) is -0.362. The molecule has 19 heavy (non-hydrogen) atoms. The first-order valence-corrected chi connectivity index (χ1v) is 6.19. The number of nitriles is 1. The van der Waals surface area contributed by atoms with Gasteiger partial charge in [0.2, 0.25) is 0 Å². The van der Waals surface area contributed by atoms with E-state index in [-0.39, 0.29) is 11.7 Å². The van der Waals surface area contributed by atoms with Gasteiger partial charge in [-0.1, -0.05) is 22.0 Å². The first-order chi connectivity index (χ1) is 9.10. The molecule has 0 saturated heterocycles. The number of rotatable bonds is 2. The summed E-state index contributed by atoms with van der Waals surface area (Å²) in [6, 6.07) is 13.0. The Kier molecular flexibility index (Phi) is 3.83. The fourth-order valence-electron chi connectivity index (χ4n) is 1.56. The molecular weight excluding hydrogens is 308 g/mol. The molecule has 2 aromatic carbocycles. The van der Waals surface area contributed by atoms with E-state index in [1.54, 1.807) is 30.3 Å². The molecule has 0 radical (unpaired) electrons. The molecule has 2 rings (SSSR count). The summed E-state index contributed by atoms with van der Waals surface area (Å²) in [4.78, 5) is 12.0. The predicted molar refractivity (Wildman–Crippen MR) is 74.9 cm³/mol. The molecule has 1 amide bonds. The molecule has 0 atom stereocenters. The van der Waals surface area contributed by atoms with Crippen LogP contribution in [0.2, 0.25) is 0 Å². The van der Waals surface area contributed by atoms with Crippen LogP contribution in [0.4, 0.5) is 5.69 Å². The topological polar surface area (TPSA) is 73.1 Å². The van der Waals surface area contributed by atoms with Crippen molar-refractivity contribution in [3.05, 3.63) is 58.1 Å². The minimum absolute atomic E-state index is 0.0176. The quantitative estimate of drug-likeness (QED) is 0.893. The number of phenols is 1. The lowest BCUT2D eigenvalue weighted by atomic mass is 10.1.